The maximum absolute atomic E-state index is 12.6. The van der Waals surface area contributed by atoms with Crippen molar-refractivity contribution in [3.8, 4) is 11.4 Å². The summed E-state index contributed by atoms with van der Waals surface area (Å²) in [5.41, 5.74) is 4.13. The van der Waals surface area contributed by atoms with Crippen molar-refractivity contribution in [2.24, 2.45) is 0 Å². The van der Waals surface area contributed by atoms with Crippen LogP contribution in [0.2, 0.25) is 0 Å². The van der Waals surface area contributed by atoms with Gasteiger partial charge in [-0.15, -0.1) is 0 Å². The summed E-state index contributed by atoms with van der Waals surface area (Å²) in [7, 11) is 0. The molecule has 0 aliphatic carbocycles. The molecule has 2 aromatic heterocycles. The molecular formula is C8H6F3N5. The topological polar surface area (TPSA) is 80.5 Å². The third-order valence-corrected chi connectivity index (χ3v) is 1.87. The largest absolute Gasteiger partial charge is 0.420 e. The van der Waals surface area contributed by atoms with Gasteiger partial charge in [-0.25, -0.2) is 15.0 Å². The molecule has 84 valence electrons. The predicted octanol–water partition coefficient (Wildman–Crippen LogP) is 1.47. The third kappa shape index (κ3) is 1.81. The first-order valence-electron chi connectivity index (χ1n) is 4.17. The van der Waals surface area contributed by atoms with Crippen molar-refractivity contribution in [2.75, 3.05) is 5.73 Å². The average Bonchev–Trinajstić information content (AvgIpc) is 2.68. The second-order valence-electron chi connectivity index (χ2n) is 2.95. The number of halogens is 3. The number of H-pyrrole nitrogens is 1. The Labute approximate surface area is 87.6 Å². The van der Waals surface area contributed by atoms with Crippen molar-refractivity contribution in [3.05, 3.63) is 24.3 Å². The Kier molecular flexibility index (Phi) is 2.26. The van der Waals surface area contributed by atoms with Gasteiger partial charge in [0.1, 0.15) is 11.3 Å². The molecule has 16 heavy (non-hydrogen) atoms. The summed E-state index contributed by atoms with van der Waals surface area (Å²) in [4.78, 5) is 13.0. The molecule has 0 aromatic carbocycles. The minimum absolute atomic E-state index is 0.140. The molecule has 3 N–H and O–H groups in total. The maximum Gasteiger partial charge on any atom is 0.420 e. The van der Waals surface area contributed by atoms with Gasteiger partial charge in [-0.1, -0.05) is 0 Å². The Morgan fingerprint density at radius 2 is 2.00 bits per heavy atom. The SMILES string of the molecule is Nc1ncc(C(F)(F)F)c(-c2cnc[nH]2)n1. The number of nitrogens with two attached hydrogens (primary N) is 1. The van der Waals surface area contributed by atoms with Gasteiger partial charge in [0.2, 0.25) is 5.95 Å². The van der Waals surface area contributed by atoms with E-state index >= 15 is 0 Å². The molecule has 0 atom stereocenters. The standard InChI is InChI=1S/C8H6F3N5/c9-8(10,11)4-1-14-7(12)16-6(4)5-2-13-3-15-5/h1-3H,(H,13,15)(H2,12,14,16). The van der Waals surface area contributed by atoms with E-state index in [1.807, 2.05) is 0 Å². The first-order valence-corrected chi connectivity index (χ1v) is 4.17. The molecule has 0 bridgehead atoms. The lowest BCUT2D eigenvalue weighted by molar-refractivity contribution is -0.137. The number of aromatic amines is 1. The number of alkyl halides is 3. The molecule has 2 heterocycles. The van der Waals surface area contributed by atoms with E-state index in [1.54, 1.807) is 0 Å². The number of aromatic nitrogens is 4. The fourth-order valence-electron chi connectivity index (χ4n) is 1.19. The zero-order chi connectivity index (χ0) is 11.8. The summed E-state index contributed by atoms with van der Waals surface area (Å²) in [6.45, 7) is 0. The van der Waals surface area contributed by atoms with E-state index in [2.05, 4.69) is 19.9 Å². The van der Waals surface area contributed by atoms with E-state index in [1.165, 1.54) is 12.5 Å². The van der Waals surface area contributed by atoms with Gasteiger partial charge in [0, 0.05) is 6.20 Å². The van der Waals surface area contributed by atoms with Crippen LogP contribution in [0, 0.1) is 0 Å². The molecule has 0 aliphatic heterocycles. The van der Waals surface area contributed by atoms with Gasteiger partial charge in [0.15, 0.2) is 0 Å². The smallest absolute Gasteiger partial charge is 0.368 e. The van der Waals surface area contributed by atoms with Gasteiger partial charge >= 0.3 is 6.18 Å². The van der Waals surface area contributed by atoms with Crippen molar-refractivity contribution in [1.82, 2.24) is 19.9 Å². The van der Waals surface area contributed by atoms with Crippen molar-refractivity contribution >= 4 is 5.95 Å². The maximum atomic E-state index is 12.6. The molecule has 0 aliphatic rings. The van der Waals surface area contributed by atoms with Crippen LogP contribution in [0.15, 0.2) is 18.7 Å². The molecule has 5 nitrogen and oxygen atoms in total. The quantitative estimate of drug-likeness (QED) is 0.775. The Morgan fingerprint density at radius 1 is 1.25 bits per heavy atom. The van der Waals surface area contributed by atoms with E-state index in [9.17, 15) is 13.2 Å². The van der Waals surface area contributed by atoms with E-state index < -0.39 is 11.7 Å². The van der Waals surface area contributed by atoms with Crippen LogP contribution in [-0.2, 0) is 6.18 Å². The highest BCUT2D eigenvalue weighted by Gasteiger charge is 2.35. The van der Waals surface area contributed by atoms with E-state index in [4.69, 9.17) is 5.73 Å². The lowest BCUT2D eigenvalue weighted by Crippen LogP contribution is -2.11. The van der Waals surface area contributed by atoms with Crippen LogP contribution in [0.3, 0.4) is 0 Å². The third-order valence-electron chi connectivity index (χ3n) is 1.87. The zero-order valence-electron chi connectivity index (χ0n) is 7.78. The Balaban J connectivity index is 2.63. The van der Waals surface area contributed by atoms with Crippen molar-refractivity contribution in [2.45, 2.75) is 6.18 Å². The number of hydrogen-bond acceptors (Lipinski definition) is 4. The van der Waals surface area contributed by atoms with E-state index in [0.29, 0.717) is 6.20 Å². The van der Waals surface area contributed by atoms with Crippen LogP contribution in [0.5, 0.6) is 0 Å². The lowest BCUT2D eigenvalue weighted by Gasteiger charge is -2.10. The van der Waals surface area contributed by atoms with Crippen LogP contribution in [0.4, 0.5) is 19.1 Å². The van der Waals surface area contributed by atoms with E-state index in [0.717, 1.165) is 0 Å². The van der Waals surface area contributed by atoms with E-state index in [-0.39, 0.29) is 17.3 Å². The fraction of sp³-hybridized carbons (Fsp3) is 0.125. The van der Waals surface area contributed by atoms with Gasteiger partial charge in [0.05, 0.1) is 18.2 Å². The number of nitrogens with one attached hydrogen (secondary N) is 1. The van der Waals surface area contributed by atoms with Gasteiger partial charge in [-0.3, -0.25) is 0 Å². The van der Waals surface area contributed by atoms with Crippen LogP contribution >= 0.6 is 0 Å². The molecule has 8 heteroatoms. The lowest BCUT2D eigenvalue weighted by atomic mass is 10.2. The molecule has 0 fully saturated rings. The molecular weight excluding hydrogens is 223 g/mol. The number of anilines is 1. The molecule has 0 radical (unpaired) electrons. The van der Waals surface area contributed by atoms with Gasteiger partial charge in [-0.2, -0.15) is 13.2 Å². The molecule has 0 saturated heterocycles. The minimum Gasteiger partial charge on any atom is -0.368 e. The van der Waals surface area contributed by atoms with Crippen LogP contribution in [-0.4, -0.2) is 19.9 Å². The van der Waals surface area contributed by atoms with Crippen LogP contribution < -0.4 is 5.73 Å². The Morgan fingerprint density at radius 3 is 2.56 bits per heavy atom. The zero-order valence-corrected chi connectivity index (χ0v) is 7.78. The number of nitrogen functional groups attached to an aromatic ring is 1. The summed E-state index contributed by atoms with van der Waals surface area (Å²) < 4.78 is 37.9. The number of imidazole rings is 1. The molecule has 0 amide bonds. The number of nitrogens with zero attached hydrogens (tertiary/aromatic N) is 3. The summed E-state index contributed by atoms with van der Waals surface area (Å²) in [5.74, 6) is -0.224. The average molecular weight is 229 g/mol. The predicted molar refractivity (Wildman–Crippen MR) is 49.0 cm³/mol. The van der Waals surface area contributed by atoms with Crippen molar-refractivity contribution in [1.29, 1.82) is 0 Å². The number of rotatable bonds is 1. The van der Waals surface area contributed by atoms with Gasteiger partial charge in [-0.05, 0) is 0 Å². The van der Waals surface area contributed by atoms with Gasteiger partial charge in [0.25, 0.3) is 0 Å². The summed E-state index contributed by atoms with van der Waals surface area (Å²) >= 11 is 0. The Bertz CT molecular complexity index is 491. The first-order chi connectivity index (χ1) is 7.48. The summed E-state index contributed by atoms with van der Waals surface area (Å²) in [6.07, 6.45) is -1.39. The molecule has 0 unspecified atom stereocenters. The fourth-order valence-corrected chi connectivity index (χ4v) is 1.19. The Hall–Kier alpha value is -2.12. The highest BCUT2D eigenvalue weighted by atomic mass is 19.4. The second-order valence-corrected chi connectivity index (χ2v) is 2.95. The highest BCUT2D eigenvalue weighted by molar-refractivity contribution is 5.59. The van der Waals surface area contributed by atoms with Crippen LogP contribution in [0.1, 0.15) is 5.56 Å². The second kappa shape index (κ2) is 3.47. The van der Waals surface area contributed by atoms with Crippen molar-refractivity contribution in [3.63, 3.8) is 0 Å². The summed E-state index contributed by atoms with van der Waals surface area (Å²) in [5, 5.41) is 0. The monoisotopic (exact) mass is 229 g/mol. The first kappa shape index (κ1) is 10.4. The van der Waals surface area contributed by atoms with Crippen LogP contribution in [0.25, 0.3) is 11.4 Å². The highest BCUT2D eigenvalue weighted by Crippen LogP contribution is 2.34. The summed E-state index contributed by atoms with van der Waals surface area (Å²) in [6, 6.07) is 0. The molecule has 0 spiro atoms. The van der Waals surface area contributed by atoms with Gasteiger partial charge < -0.3 is 10.7 Å². The molecule has 2 aromatic rings. The normalized spacial score (nSPS) is 11.7. The number of hydrogen-bond donors (Lipinski definition) is 2. The van der Waals surface area contributed by atoms with Crippen molar-refractivity contribution < 1.29 is 13.2 Å². The molecule has 0 saturated carbocycles. The molecule has 2 rings (SSSR count). The minimum atomic E-state index is -4.53.